The third-order valence-electron chi connectivity index (χ3n) is 3.91. The number of thiophene rings is 1. The molecular weight excluding hydrogens is 328 g/mol. The van der Waals surface area contributed by atoms with Crippen LogP contribution in [0.2, 0.25) is 0 Å². The Morgan fingerprint density at radius 3 is 2.75 bits per heavy atom. The van der Waals surface area contributed by atoms with E-state index in [0.717, 1.165) is 5.56 Å². The predicted molar refractivity (Wildman–Crippen MR) is 91.7 cm³/mol. The fraction of sp³-hybridized carbons (Fsp3) is 0.188. The summed E-state index contributed by atoms with van der Waals surface area (Å²) in [5, 5.41) is 3.82. The molecule has 2 aromatic heterocycles. The Morgan fingerprint density at radius 2 is 2.17 bits per heavy atom. The molecule has 3 rings (SSSR count). The van der Waals surface area contributed by atoms with Crippen molar-refractivity contribution in [2.75, 3.05) is 18.2 Å². The predicted octanol–water partition coefficient (Wildman–Crippen LogP) is 1.83. The molecule has 0 saturated carbocycles. The van der Waals surface area contributed by atoms with Crippen LogP contribution in [0.1, 0.15) is 33.6 Å². The third-order valence-corrected chi connectivity index (χ3v) is 5.06. The van der Waals surface area contributed by atoms with Gasteiger partial charge in [-0.15, -0.1) is 11.3 Å². The molecule has 1 aliphatic rings. The van der Waals surface area contributed by atoms with E-state index in [4.69, 9.17) is 16.2 Å². The number of nitrogens with zero attached hydrogens (tertiary/aromatic N) is 1. The summed E-state index contributed by atoms with van der Waals surface area (Å²) in [4.78, 5) is 28.4. The Labute approximate surface area is 142 Å². The Bertz CT molecular complexity index is 858. The first-order valence-electron chi connectivity index (χ1n) is 7.13. The van der Waals surface area contributed by atoms with Crippen molar-refractivity contribution in [1.82, 2.24) is 4.98 Å². The number of nitrogen functional groups attached to an aromatic ring is 1. The summed E-state index contributed by atoms with van der Waals surface area (Å²) in [7, 11) is 1.32. The van der Waals surface area contributed by atoms with Crippen LogP contribution in [-0.4, -0.2) is 24.0 Å². The number of anilines is 2. The molecule has 0 saturated heterocycles. The van der Waals surface area contributed by atoms with Gasteiger partial charge in [-0.2, -0.15) is 0 Å². The minimum absolute atomic E-state index is 0.264. The Kier molecular flexibility index (Phi) is 3.98. The van der Waals surface area contributed by atoms with Gasteiger partial charge in [0, 0.05) is 29.6 Å². The van der Waals surface area contributed by atoms with Gasteiger partial charge in [0.25, 0.3) is 5.91 Å². The smallest absolute Gasteiger partial charge is 0.336 e. The van der Waals surface area contributed by atoms with Crippen molar-refractivity contribution in [1.29, 1.82) is 0 Å². The maximum absolute atomic E-state index is 12.4. The first kappa shape index (κ1) is 16.0. The lowest BCUT2D eigenvalue weighted by molar-refractivity contribution is -0.136. The highest BCUT2D eigenvalue weighted by atomic mass is 32.1. The van der Waals surface area contributed by atoms with Crippen LogP contribution < -0.4 is 16.8 Å². The number of fused-ring (bicyclic) bond motifs is 1. The number of ether oxygens (including phenoxy) is 1. The minimum Gasteiger partial charge on any atom is -0.466 e. The van der Waals surface area contributed by atoms with Gasteiger partial charge >= 0.3 is 5.97 Å². The van der Waals surface area contributed by atoms with E-state index >= 15 is 0 Å². The van der Waals surface area contributed by atoms with Crippen molar-refractivity contribution < 1.29 is 14.3 Å². The average molecular weight is 344 g/mol. The number of carbonyl (C=O) groups is 2. The molecule has 0 spiro atoms. The molecule has 0 aromatic carbocycles. The standard InChI is InChI=1S/C16H16N4O3S/c1-7-9(16(22)23-2)10(8-4-3-5-19-6-8)11-12(17)13(14(18)21)24-15(11)20-7/h3-6,10,20H,17H2,1-2H3,(H2,18,21)/t10-/m1/s1. The summed E-state index contributed by atoms with van der Waals surface area (Å²) in [5.41, 5.74) is 14.4. The van der Waals surface area contributed by atoms with Gasteiger partial charge < -0.3 is 21.5 Å². The fourth-order valence-electron chi connectivity index (χ4n) is 2.88. The van der Waals surface area contributed by atoms with Crippen LogP contribution in [0, 0.1) is 0 Å². The van der Waals surface area contributed by atoms with Crippen LogP contribution in [0.25, 0.3) is 0 Å². The van der Waals surface area contributed by atoms with Crippen molar-refractivity contribution in [3.8, 4) is 0 Å². The maximum Gasteiger partial charge on any atom is 0.336 e. The lowest BCUT2D eigenvalue weighted by Gasteiger charge is -2.27. The molecule has 1 amide bonds. The number of allylic oxidation sites excluding steroid dienone is 1. The molecule has 7 nitrogen and oxygen atoms in total. The lowest BCUT2D eigenvalue weighted by Crippen LogP contribution is -2.23. The van der Waals surface area contributed by atoms with Gasteiger partial charge in [0.1, 0.15) is 4.88 Å². The zero-order chi connectivity index (χ0) is 17.4. The monoisotopic (exact) mass is 344 g/mol. The van der Waals surface area contributed by atoms with Crippen molar-refractivity contribution in [3.05, 3.63) is 51.8 Å². The number of primary amides is 1. The molecule has 0 fully saturated rings. The number of rotatable bonds is 3. The Balaban J connectivity index is 2.28. The highest BCUT2D eigenvalue weighted by molar-refractivity contribution is 7.18. The zero-order valence-corrected chi connectivity index (χ0v) is 13.9. The van der Waals surface area contributed by atoms with Gasteiger partial charge in [0.05, 0.1) is 23.4 Å². The van der Waals surface area contributed by atoms with E-state index in [1.165, 1.54) is 18.4 Å². The summed E-state index contributed by atoms with van der Waals surface area (Å²) in [5.74, 6) is -1.55. The molecule has 2 aromatic rings. The van der Waals surface area contributed by atoms with Crippen LogP contribution >= 0.6 is 11.3 Å². The van der Waals surface area contributed by atoms with Crippen LogP contribution in [0.15, 0.2) is 35.8 Å². The number of hydrogen-bond acceptors (Lipinski definition) is 7. The first-order valence-corrected chi connectivity index (χ1v) is 7.95. The number of aromatic nitrogens is 1. The third kappa shape index (κ3) is 2.41. The van der Waals surface area contributed by atoms with E-state index in [2.05, 4.69) is 10.3 Å². The number of nitrogens with two attached hydrogens (primary N) is 2. The van der Waals surface area contributed by atoms with Crippen molar-refractivity contribution in [3.63, 3.8) is 0 Å². The van der Waals surface area contributed by atoms with Gasteiger partial charge in [-0.05, 0) is 18.6 Å². The number of esters is 1. The van der Waals surface area contributed by atoms with E-state index < -0.39 is 17.8 Å². The molecule has 24 heavy (non-hydrogen) atoms. The molecule has 8 heteroatoms. The lowest BCUT2D eigenvalue weighted by atomic mass is 9.82. The molecule has 0 radical (unpaired) electrons. The van der Waals surface area contributed by atoms with Crippen LogP contribution in [0.5, 0.6) is 0 Å². The second-order valence-corrected chi connectivity index (χ2v) is 6.35. The summed E-state index contributed by atoms with van der Waals surface area (Å²) in [6.45, 7) is 1.78. The number of amides is 1. The van der Waals surface area contributed by atoms with E-state index in [0.29, 0.717) is 21.8 Å². The summed E-state index contributed by atoms with van der Waals surface area (Å²) in [6.07, 6.45) is 3.31. The van der Waals surface area contributed by atoms with E-state index in [-0.39, 0.29) is 10.6 Å². The SMILES string of the molecule is COC(=O)C1=C(C)Nc2sc(C(N)=O)c(N)c2[C@@H]1c1cccnc1. The molecule has 3 heterocycles. The van der Waals surface area contributed by atoms with Gasteiger partial charge in [-0.3, -0.25) is 9.78 Å². The molecule has 0 unspecified atom stereocenters. The topological polar surface area (TPSA) is 120 Å². The molecule has 1 atom stereocenters. The highest BCUT2D eigenvalue weighted by Gasteiger charge is 2.37. The summed E-state index contributed by atoms with van der Waals surface area (Å²) >= 11 is 1.18. The molecule has 1 aliphatic heterocycles. The number of hydrogen-bond donors (Lipinski definition) is 3. The second-order valence-electron chi connectivity index (χ2n) is 5.33. The van der Waals surface area contributed by atoms with Gasteiger partial charge in [-0.25, -0.2) is 4.79 Å². The van der Waals surface area contributed by atoms with Crippen LogP contribution in [0.4, 0.5) is 10.7 Å². The van der Waals surface area contributed by atoms with Gasteiger partial charge in [-0.1, -0.05) is 6.07 Å². The molecule has 0 aliphatic carbocycles. The van der Waals surface area contributed by atoms with E-state index in [1.807, 2.05) is 6.07 Å². The number of methoxy groups -OCH3 is 1. The van der Waals surface area contributed by atoms with E-state index in [1.54, 1.807) is 25.4 Å². The largest absolute Gasteiger partial charge is 0.466 e. The summed E-state index contributed by atoms with van der Waals surface area (Å²) in [6, 6.07) is 3.63. The van der Waals surface area contributed by atoms with Crippen LogP contribution in [0.3, 0.4) is 0 Å². The maximum atomic E-state index is 12.4. The van der Waals surface area contributed by atoms with Crippen LogP contribution in [-0.2, 0) is 9.53 Å². The Hall–Kier alpha value is -2.87. The quantitative estimate of drug-likeness (QED) is 0.731. The Morgan fingerprint density at radius 1 is 1.42 bits per heavy atom. The van der Waals surface area contributed by atoms with Gasteiger partial charge in [0.2, 0.25) is 0 Å². The molecule has 5 N–H and O–H groups in total. The van der Waals surface area contributed by atoms with Gasteiger partial charge in [0.15, 0.2) is 0 Å². The second kappa shape index (κ2) is 5.97. The van der Waals surface area contributed by atoms with E-state index in [9.17, 15) is 9.59 Å². The minimum atomic E-state index is -0.601. The molecule has 124 valence electrons. The van der Waals surface area contributed by atoms with Crippen molar-refractivity contribution in [2.45, 2.75) is 12.8 Å². The average Bonchev–Trinajstić information content (AvgIpc) is 2.90. The normalized spacial score (nSPS) is 16.3. The van der Waals surface area contributed by atoms with Crippen molar-refractivity contribution in [2.24, 2.45) is 5.73 Å². The number of pyridine rings is 1. The number of nitrogens with one attached hydrogen (secondary N) is 1. The first-order chi connectivity index (χ1) is 11.5. The van der Waals surface area contributed by atoms with Crippen molar-refractivity contribution >= 4 is 33.9 Å². The molecule has 0 bridgehead atoms. The zero-order valence-electron chi connectivity index (χ0n) is 13.1. The highest BCUT2D eigenvalue weighted by Crippen LogP contribution is 2.49. The number of carbonyl (C=O) groups excluding carboxylic acids is 2. The molecular formula is C16H16N4O3S. The summed E-state index contributed by atoms with van der Waals surface area (Å²) < 4.78 is 4.93. The fourth-order valence-corrected chi connectivity index (χ4v) is 3.95.